The van der Waals surface area contributed by atoms with E-state index in [4.69, 9.17) is 0 Å². The number of nitrogens with zero attached hydrogens (tertiary/aromatic N) is 5. The highest BCUT2D eigenvalue weighted by atomic mass is 16.1. The van der Waals surface area contributed by atoms with Crippen molar-refractivity contribution in [3.8, 4) is 5.82 Å². The van der Waals surface area contributed by atoms with E-state index >= 15 is 0 Å². The molecule has 1 amide bonds. The van der Waals surface area contributed by atoms with Crippen molar-refractivity contribution in [1.82, 2.24) is 25.0 Å². The van der Waals surface area contributed by atoms with Gasteiger partial charge in [-0.1, -0.05) is 0 Å². The molecule has 0 fully saturated rings. The normalized spacial score (nSPS) is 10.6. The van der Waals surface area contributed by atoms with Crippen molar-refractivity contribution in [2.45, 2.75) is 13.8 Å². The Morgan fingerprint density at radius 3 is 2.24 bits per heavy atom. The maximum atomic E-state index is 12.2. The second-order valence-corrected chi connectivity index (χ2v) is 6.51. The molecule has 0 saturated heterocycles. The molecule has 0 aliphatic rings. The summed E-state index contributed by atoms with van der Waals surface area (Å²) in [6.07, 6.45) is 3.17. The molecule has 4 aromatic rings. The third kappa shape index (κ3) is 4.27. The highest BCUT2D eigenvalue weighted by Gasteiger charge is 2.07. The average molecular weight is 385 g/mol. The summed E-state index contributed by atoms with van der Waals surface area (Å²) in [5.74, 6) is 1.10. The van der Waals surface area contributed by atoms with Crippen LogP contribution in [0.15, 0.2) is 67.0 Å². The maximum Gasteiger partial charge on any atom is 0.255 e. The fourth-order valence-electron chi connectivity index (χ4n) is 2.86. The minimum Gasteiger partial charge on any atom is -0.339 e. The smallest absolute Gasteiger partial charge is 0.255 e. The maximum absolute atomic E-state index is 12.2. The monoisotopic (exact) mass is 385 g/mol. The largest absolute Gasteiger partial charge is 0.339 e. The number of nitrogens with one attached hydrogen (secondary N) is 2. The van der Waals surface area contributed by atoms with E-state index in [1.165, 1.54) is 0 Å². The van der Waals surface area contributed by atoms with Crippen molar-refractivity contribution in [2.75, 3.05) is 10.6 Å². The lowest BCUT2D eigenvalue weighted by molar-refractivity contribution is 0.102. The van der Waals surface area contributed by atoms with E-state index in [0.29, 0.717) is 22.9 Å². The Bertz CT molecular complexity index is 1120. The van der Waals surface area contributed by atoms with E-state index in [1.54, 1.807) is 29.2 Å². The second kappa shape index (κ2) is 7.89. The van der Waals surface area contributed by atoms with Gasteiger partial charge in [0.15, 0.2) is 11.6 Å². The molecule has 2 N–H and O–H groups in total. The molecule has 29 heavy (non-hydrogen) atoms. The molecule has 0 radical (unpaired) electrons. The summed E-state index contributed by atoms with van der Waals surface area (Å²) in [4.78, 5) is 16.1. The number of benzene rings is 1. The molecule has 8 nitrogen and oxygen atoms in total. The van der Waals surface area contributed by atoms with Crippen LogP contribution in [-0.4, -0.2) is 30.9 Å². The SMILES string of the molecule is Cc1cc(C)n(-c2ccc(Nc3ccc(NC(=O)c4ccncc4)cc3)nn2)n1. The topological polar surface area (TPSA) is 97.6 Å². The second-order valence-electron chi connectivity index (χ2n) is 6.51. The van der Waals surface area contributed by atoms with Gasteiger partial charge in [-0.15, -0.1) is 10.2 Å². The molecule has 0 bridgehead atoms. The minimum absolute atomic E-state index is 0.182. The van der Waals surface area contributed by atoms with Crippen LogP contribution in [0.2, 0.25) is 0 Å². The van der Waals surface area contributed by atoms with Crippen LogP contribution in [0.25, 0.3) is 5.82 Å². The number of aryl methyl sites for hydroxylation is 2. The van der Waals surface area contributed by atoms with E-state index in [-0.39, 0.29) is 5.91 Å². The average Bonchev–Trinajstić information content (AvgIpc) is 3.08. The summed E-state index contributed by atoms with van der Waals surface area (Å²) in [6, 6.07) is 16.4. The van der Waals surface area contributed by atoms with Crippen LogP contribution in [0.3, 0.4) is 0 Å². The molecule has 0 aliphatic carbocycles. The van der Waals surface area contributed by atoms with Gasteiger partial charge in [0.25, 0.3) is 5.91 Å². The van der Waals surface area contributed by atoms with Crippen molar-refractivity contribution in [3.63, 3.8) is 0 Å². The Morgan fingerprint density at radius 1 is 0.897 bits per heavy atom. The Morgan fingerprint density at radius 2 is 1.62 bits per heavy atom. The molecule has 0 aliphatic heterocycles. The van der Waals surface area contributed by atoms with Crippen molar-refractivity contribution < 1.29 is 4.79 Å². The first kappa shape index (κ1) is 18.3. The third-order valence-electron chi connectivity index (χ3n) is 4.23. The molecule has 0 spiro atoms. The molecule has 1 aromatic carbocycles. The number of rotatable bonds is 5. The number of hydrogen-bond acceptors (Lipinski definition) is 6. The number of carbonyl (C=O) groups is 1. The standard InChI is InChI=1S/C21H19N7O/c1-14-13-15(2)28(27-14)20-8-7-19(25-26-20)23-17-3-5-18(6-4-17)24-21(29)16-9-11-22-12-10-16/h3-13H,1-2H3,(H,23,25)(H,24,29). The van der Waals surface area contributed by atoms with Crippen LogP contribution in [0, 0.1) is 13.8 Å². The van der Waals surface area contributed by atoms with E-state index in [0.717, 1.165) is 17.1 Å². The van der Waals surface area contributed by atoms with Gasteiger partial charge in [-0.25, -0.2) is 4.68 Å². The molecule has 0 unspecified atom stereocenters. The highest BCUT2D eigenvalue weighted by Crippen LogP contribution is 2.18. The summed E-state index contributed by atoms with van der Waals surface area (Å²) in [5.41, 5.74) is 4.02. The lowest BCUT2D eigenvalue weighted by atomic mass is 10.2. The van der Waals surface area contributed by atoms with Crippen LogP contribution in [0.1, 0.15) is 21.7 Å². The van der Waals surface area contributed by atoms with E-state index in [1.807, 2.05) is 56.3 Å². The molecule has 3 heterocycles. The Kier molecular flexibility index (Phi) is 4.98. The van der Waals surface area contributed by atoms with Crippen LogP contribution in [0.4, 0.5) is 17.2 Å². The number of aromatic nitrogens is 5. The van der Waals surface area contributed by atoms with E-state index in [2.05, 4.69) is 30.9 Å². The molecule has 0 atom stereocenters. The molecule has 0 saturated carbocycles. The first-order valence-electron chi connectivity index (χ1n) is 9.04. The van der Waals surface area contributed by atoms with Gasteiger partial charge in [0.2, 0.25) is 0 Å². The number of carbonyl (C=O) groups excluding carboxylic acids is 1. The molecule has 4 rings (SSSR count). The summed E-state index contributed by atoms with van der Waals surface area (Å²) in [7, 11) is 0. The fourth-order valence-corrected chi connectivity index (χ4v) is 2.86. The molecular formula is C21H19N7O. The van der Waals surface area contributed by atoms with Gasteiger partial charge >= 0.3 is 0 Å². The first-order chi connectivity index (χ1) is 14.1. The Hall–Kier alpha value is -4.07. The van der Waals surface area contributed by atoms with Gasteiger partial charge in [0.05, 0.1) is 5.69 Å². The number of anilines is 3. The lowest BCUT2D eigenvalue weighted by Crippen LogP contribution is -2.11. The lowest BCUT2D eigenvalue weighted by Gasteiger charge is -2.09. The van der Waals surface area contributed by atoms with E-state index in [9.17, 15) is 4.79 Å². The van der Waals surface area contributed by atoms with Gasteiger partial charge in [-0.05, 0) is 68.4 Å². The van der Waals surface area contributed by atoms with Crippen LogP contribution < -0.4 is 10.6 Å². The summed E-state index contributed by atoms with van der Waals surface area (Å²) >= 11 is 0. The summed E-state index contributed by atoms with van der Waals surface area (Å²) in [5, 5.41) is 18.9. The number of pyridine rings is 1. The molecular weight excluding hydrogens is 366 g/mol. The third-order valence-corrected chi connectivity index (χ3v) is 4.23. The number of hydrogen-bond donors (Lipinski definition) is 2. The zero-order valence-corrected chi connectivity index (χ0v) is 16.0. The summed E-state index contributed by atoms with van der Waals surface area (Å²) < 4.78 is 1.76. The minimum atomic E-state index is -0.182. The van der Waals surface area contributed by atoms with Crippen molar-refractivity contribution in [1.29, 1.82) is 0 Å². The predicted molar refractivity (Wildman–Crippen MR) is 111 cm³/mol. The van der Waals surface area contributed by atoms with Gasteiger partial charge in [-0.2, -0.15) is 5.10 Å². The Labute approximate surface area is 167 Å². The van der Waals surface area contributed by atoms with E-state index < -0.39 is 0 Å². The Balaban J connectivity index is 1.41. The van der Waals surface area contributed by atoms with Crippen LogP contribution >= 0.6 is 0 Å². The van der Waals surface area contributed by atoms with Crippen LogP contribution in [0.5, 0.6) is 0 Å². The zero-order valence-electron chi connectivity index (χ0n) is 16.0. The highest BCUT2D eigenvalue weighted by molar-refractivity contribution is 6.04. The predicted octanol–water partition coefficient (Wildman–Crippen LogP) is 3.67. The summed E-state index contributed by atoms with van der Waals surface area (Å²) in [6.45, 7) is 3.92. The van der Waals surface area contributed by atoms with Gasteiger partial charge < -0.3 is 10.6 Å². The molecule has 8 heteroatoms. The number of amides is 1. The van der Waals surface area contributed by atoms with Crippen molar-refractivity contribution >= 4 is 23.1 Å². The molecule has 3 aromatic heterocycles. The van der Waals surface area contributed by atoms with Crippen molar-refractivity contribution in [2.24, 2.45) is 0 Å². The van der Waals surface area contributed by atoms with Gasteiger partial charge in [0.1, 0.15) is 0 Å². The van der Waals surface area contributed by atoms with Gasteiger partial charge in [-0.3, -0.25) is 9.78 Å². The quantitative estimate of drug-likeness (QED) is 0.544. The first-order valence-corrected chi connectivity index (χ1v) is 9.04. The molecule has 144 valence electrons. The van der Waals surface area contributed by atoms with Gasteiger partial charge in [0, 0.05) is 35.0 Å². The zero-order chi connectivity index (χ0) is 20.2. The fraction of sp³-hybridized carbons (Fsp3) is 0.0952. The van der Waals surface area contributed by atoms with Crippen LogP contribution in [-0.2, 0) is 0 Å². The van der Waals surface area contributed by atoms with Crippen molar-refractivity contribution in [3.05, 3.63) is 83.9 Å².